The zero-order chi connectivity index (χ0) is 22.7. The van der Waals surface area contributed by atoms with Gasteiger partial charge in [-0.25, -0.2) is 4.90 Å². The Morgan fingerprint density at radius 1 is 0.906 bits per heavy atom. The van der Waals surface area contributed by atoms with E-state index in [1.807, 2.05) is 86.6 Å². The second-order valence-electron chi connectivity index (χ2n) is 7.62. The summed E-state index contributed by atoms with van der Waals surface area (Å²) in [4.78, 5) is 27.8. The van der Waals surface area contributed by atoms with Gasteiger partial charge < -0.3 is 10.6 Å². The summed E-state index contributed by atoms with van der Waals surface area (Å²) in [6.45, 7) is 3.99. The number of rotatable bonds is 5. The van der Waals surface area contributed by atoms with Crippen LogP contribution in [0.15, 0.2) is 77.7 Å². The van der Waals surface area contributed by atoms with Crippen molar-refractivity contribution >= 4 is 58.0 Å². The molecule has 1 fully saturated rings. The molecule has 2 amide bonds. The van der Waals surface area contributed by atoms with Crippen LogP contribution in [0, 0.1) is 13.8 Å². The molecule has 1 atom stereocenters. The van der Waals surface area contributed by atoms with Crippen molar-refractivity contribution in [3.63, 3.8) is 0 Å². The molecule has 1 heterocycles. The number of anilines is 3. The number of nitrogens with one attached hydrogen (secondary N) is 2. The smallest absolute Gasteiger partial charge is 0.247 e. The highest BCUT2D eigenvalue weighted by atomic mass is 32.2. The van der Waals surface area contributed by atoms with Gasteiger partial charge >= 0.3 is 0 Å². The Labute approximate surface area is 197 Å². The van der Waals surface area contributed by atoms with Crippen LogP contribution >= 0.6 is 24.0 Å². The van der Waals surface area contributed by atoms with Crippen LogP contribution in [-0.4, -0.2) is 22.2 Å². The van der Waals surface area contributed by atoms with Crippen molar-refractivity contribution in [2.75, 3.05) is 15.5 Å². The van der Waals surface area contributed by atoms with Crippen LogP contribution in [0.2, 0.25) is 0 Å². The van der Waals surface area contributed by atoms with Gasteiger partial charge in [-0.1, -0.05) is 30.3 Å². The normalized spacial score (nSPS) is 15.7. The highest BCUT2D eigenvalue weighted by Crippen LogP contribution is 2.35. The molecular weight excluding hydrogens is 438 g/mol. The van der Waals surface area contributed by atoms with Crippen LogP contribution in [0.5, 0.6) is 0 Å². The third-order valence-electron chi connectivity index (χ3n) is 5.26. The van der Waals surface area contributed by atoms with Crippen molar-refractivity contribution < 1.29 is 9.59 Å². The molecule has 2 N–H and O–H groups in total. The largest absolute Gasteiger partial charge is 0.332 e. The zero-order valence-electron chi connectivity index (χ0n) is 17.8. The first kappa shape index (κ1) is 22.0. The van der Waals surface area contributed by atoms with E-state index in [1.165, 1.54) is 16.7 Å². The molecule has 162 valence electrons. The van der Waals surface area contributed by atoms with E-state index in [0.717, 1.165) is 27.4 Å². The third-order valence-corrected chi connectivity index (χ3v) is 6.64. The van der Waals surface area contributed by atoms with Gasteiger partial charge in [0.25, 0.3) is 0 Å². The molecule has 3 aromatic rings. The molecule has 7 heteroatoms. The van der Waals surface area contributed by atoms with Crippen molar-refractivity contribution in [3.8, 4) is 0 Å². The second-order valence-corrected chi connectivity index (χ2v) is 9.30. The van der Waals surface area contributed by atoms with E-state index >= 15 is 0 Å². The first-order valence-electron chi connectivity index (χ1n) is 10.2. The van der Waals surface area contributed by atoms with E-state index in [4.69, 9.17) is 12.2 Å². The van der Waals surface area contributed by atoms with E-state index in [0.29, 0.717) is 10.8 Å². The SMILES string of the molecule is Cc1ccc(N2C(=O)C[C@@H](Sc3cccc(NC(=S)Nc4ccccc4)c3)C2=O)cc1C. The van der Waals surface area contributed by atoms with Crippen molar-refractivity contribution in [2.45, 2.75) is 30.4 Å². The Kier molecular flexibility index (Phi) is 6.58. The van der Waals surface area contributed by atoms with E-state index < -0.39 is 5.25 Å². The molecule has 0 aliphatic carbocycles. The summed E-state index contributed by atoms with van der Waals surface area (Å²) in [5.74, 6) is -0.346. The standard InChI is InChI=1S/C25H23N3O2S2/c1-16-11-12-20(13-17(16)2)28-23(29)15-22(24(28)30)32-21-10-6-9-19(14-21)27-25(31)26-18-7-4-3-5-8-18/h3-14,22H,15H2,1-2H3,(H2,26,27,31)/t22-/m1/s1. The predicted octanol–water partition coefficient (Wildman–Crippen LogP) is 5.54. The van der Waals surface area contributed by atoms with Gasteiger partial charge in [0.15, 0.2) is 5.11 Å². The van der Waals surface area contributed by atoms with Gasteiger partial charge in [0.1, 0.15) is 0 Å². The molecule has 32 heavy (non-hydrogen) atoms. The monoisotopic (exact) mass is 461 g/mol. The lowest BCUT2D eigenvalue weighted by atomic mass is 10.1. The maximum atomic E-state index is 13.0. The number of hydrogen-bond donors (Lipinski definition) is 2. The minimum Gasteiger partial charge on any atom is -0.332 e. The Hall–Kier alpha value is -3.16. The number of amides is 2. The summed E-state index contributed by atoms with van der Waals surface area (Å²) >= 11 is 6.79. The molecule has 0 aromatic heterocycles. The van der Waals surface area contributed by atoms with Crippen LogP contribution in [-0.2, 0) is 9.59 Å². The number of thiocarbonyl (C=S) groups is 1. The molecular formula is C25H23N3O2S2. The summed E-state index contributed by atoms with van der Waals surface area (Å²) in [5.41, 5.74) is 4.53. The number of imide groups is 1. The summed E-state index contributed by atoms with van der Waals surface area (Å²) in [7, 11) is 0. The van der Waals surface area contributed by atoms with E-state index in [2.05, 4.69) is 10.6 Å². The average Bonchev–Trinajstić information content (AvgIpc) is 3.04. The fourth-order valence-electron chi connectivity index (χ4n) is 3.46. The van der Waals surface area contributed by atoms with E-state index in [1.54, 1.807) is 0 Å². The fourth-order valence-corrected chi connectivity index (χ4v) is 4.81. The number of aryl methyl sites for hydroxylation is 2. The van der Waals surface area contributed by atoms with Gasteiger partial charge in [-0.3, -0.25) is 9.59 Å². The highest BCUT2D eigenvalue weighted by molar-refractivity contribution is 8.00. The van der Waals surface area contributed by atoms with Gasteiger partial charge in [0, 0.05) is 22.7 Å². The second kappa shape index (κ2) is 9.54. The Balaban J connectivity index is 1.43. The third kappa shape index (κ3) is 5.00. The first-order chi connectivity index (χ1) is 15.4. The minimum absolute atomic E-state index is 0.168. The molecule has 1 aliphatic rings. The molecule has 0 bridgehead atoms. The van der Waals surface area contributed by atoms with Crippen molar-refractivity contribution in [2.24, 2.45) is 0 Å². The summed E-state index contributed by atoms with van der Waals surface area (Å²) in [6.07, 6.45) is 0.183. The Morgan fingerprint density at radius 3 is 2.38 bits per heavy atom. The molecule has 0 spiro atoms. The molecule has 1 aliphatic heterocycles. The van der Waals surface area contributed by atoms with E-state index in [9.17, 15) is 9.59 Å². The van der Waals surface area contributed by atoms with Gasteiger partial charge in [0.05, 0.1) is 10.9 Å². The fraction of sp³-hybridized carbons (Fsp3) is 0.160. The zero-order valence-corrected chi connectivity index (χ0v) is 19.4. The van der Waals surface area contributed by atoms with Crippen molar-refractivity contribution in [1.82, 2.24) is 0 Å². The summed E-state index contributed by atoms with van der Waals surface area (Å²) < 4.78 is 0. The number of nitrogens with zero attached hydrogens (tertiary/aromatic N) is 1. The first-order valence-corrected chi connectivity index (χ1v) is 11.5. The summed E-state index contributed by atoms with van der Waals surface area (Å²) in [6, 6.07) is 23.0. The predicted molar refractivity (Wildman–Crippen MR) is 135 cm³/mol. The molecule has 0 radical (unpaired) electrons. The van der Waals surface area contributed by atoms with Gasteiger partial charge in [0.2, 0.25) is 11.8 Å². The number of carbonyl (C=O) groups is 2. The van der Waals surface area contributed by atoms with Crippen LogP contribution in [0.25, 0.3) is 0 Å². The van der Waals surface area contributed by atoms with Crippen molar-refractivity contribution in [3.05, 3.63) is 83.9 Å². The Morgan fingerprint density at radius 2 is 1.62 bits per heavy atom. The summed E-state index contributed by atoms with van der Waals surface area (Å²) in [5, 5.41) is 6.33. The van der Waals surface area contributed by atoms with E-state index in [-0.39, 0.29) is 18.2 Å². The average molecular weight is 462 g/mol. The Bertz CT molecular complexity index is 1180. The van der Waals surface area contributed by atoms with Crippen molar-refractivity contribution in [1.29, 1.82) is 0 Å². The molecule has 3 aromatic carbocycles. The molecule has 0 saturated carbocycles. The van der Waals surface area contributed by atoms with Crippen LogP contribution < -0.4 is 15.5 Å². The minimum atomic E-state index is -0.450. The lowest BCUT2D eigenvalue weighted by molar-refractivity contribution is -0.121. The molecule has 1 saturated heterocycles. The quantitative estimate of drug-likeness (QED) is 0.384. The number of thioether (sulfide) groups is 1. The van der Waals surface area contributed by atoms with Crippen LogP contribution in [0.3, 0.4) is 0 Å². The highest BCUT2D eigenvalue weighted by Gasteiger charge is 2.40. The number of benzene rings is 3. The topological polar surface area (TPSA) is 61.4 Å². The van der Waals surface area contributed by atoms with Gasteiger partial charge in [-0.2, -0.15) is 0 Å². The van der Waals surface area contributed by atoms with Gasteiger partial charge in [-0.15, -0.1) is 11.8 Å². The van der Waals surface area contributed by atoms with Crippen LogP contribution in [0.1, 0.15) is 17.5 Å². The van der Waals surface area contributed by atoms with Crippen LogP contribution in [0.4, 0.5) is 17.1 Å². The lowest BCUT2D eigenvalue weighted by Gasteiger charge is -2.16. The number of para-hydroxylation sites is 1. The molecule has 0 unspecified atom stereocenters. The van der Waals surface area contributed by atoms with Gasteiger partial charge in [-0.05, 0) is 79.7 Å². The number of hydrogen-bond acceptors (Lipinski definition) is 4. The maximum Gasteiger partial charge on any atom is 0.247 e. The molecule has 5 nitrogen and oxygen atoms in total. The lowest BCUT2D eigenvalue weighted by Crippen LogP contribution is -2.31. The molecule has 4 rings (SSSR count). The number of carbonyl (C=O) groups excluding carboxylic acids is 2. The maximum absolute atomic E-state index is 13.0.